The number of methoxy groups -OCH3 is 3. The molecule has 7 nitrogen and oxygen atoms in total. The topological polar surface area (TPSA) is 98.4 Å². The first-order valence-corrected chi connectivity index (χ1v) is 7.30. The van der Waals surface area contributed by atoms with Crippen molar-refractivity contribution in [2.75, 3.05) is 21.3 Å². The molecule has 0 aliphatic rings. The van der Waals surface area contributed by atoms with Crippen molar-refractivity contribution in [3.63, 3.8) is 0 Å². The zero-order chi connectivity index (χ0) is 18.1. The van der Waals surface area contributed by atoms with E-state index < -0.39 is 11.2 Å². The Hall–Kier alpha value is -3.35. The van der Waals surface area contributed by atoms with Crippen molar-refractivity contribution in [1.29, 1.82) is 0 Å². The maximum absolute atomic E-state index is 12.7. The van der Waals surface area contributed by atoms with Crippen LogP contribution in [0, 0.1) is 0 Å². The molecule has 1 aromatic heterocycles. The fraction of sp³-hybridized carbons (Fsp3) is 0.167. The lowest BCUT2D eigenvalue weighted by Crippen LogP contribution is -2.05. The maximum Gasteiger partial charge on any atom is 0.238 e. The molecule has 0 unspecified atom stereocenters. The van der Waals surface area contributed by atoms with Gasteiger partial charge in [0.25, 0.3) is 0 Å². The highest BCUT2D eigenvalue weighted by atomic mass is 16.5. The third kappa shape index (κ3) is 2.59. The van der Waals surface area contributed by atoms with Gasteiger partial charge in [-0.1, -0.05) is 0 Å². The number of fused-ring (bicyclic) bond motifs is 1. The molecule has 0 radical (unpaired) electrons. The molecule has 0 bridgehead atoms. The normalized spacial score (nSPS) is 10.7. The summed E-state index contributed by atoms with van der Waals surface area (Å²) in [6.07, 6.45) is 0. The van der Waals surface area contributed by atoms with Gasteiger partial charge in [0.15, 0.2) is 28.8 Å². The Balaban J connectivity index is 2.33. The minimum absolute atomic E-state index is 0.0389. The van der Waals surface area contributed by atoms with Gasteiger partial charge in [0.2, 0.25) is 11.2 Å². The van der Waals surface area contributed by atoms with Crippen molar-refractivity contribution in [1.82, 2.24) is 0 Å². The van der Waals surface area contributed by atoms with Crippen LogP contribution in [0.1, 0.15) is 0 Å². The summed E-state index contributed by atoms with van der Waals surface area (Å²) in [6, 6.07) is 7.50. The quantitative estimate of drug-likeness (QED) is 0.751. The van der Waals surface area contributed by atoms with Gasteiger partial charge in [-0.3, -0.25) is 4.79 Å². The third-order valence-corrected chi connectivity index (χ3v) is 3.82. The van der Waals surface area contributed by atoms with Crippen molar-refractivity contribution in [3.05, 3.63) is 40.6 Å². The molecule has 3 aromatic rings. The summed E-state index contributed by atoms with van der Waals surface area (Å²) in [5.74, 6) is 0.0293. The molecule has 0 atom stereocenters. The van der Waals surface area contributed by atoms with Crippen molar-refractivity contribution < 1.29 is 28.8 Å². The number of phenols is 1. The minimum atomic E-state index is -0.654. The van der Waals surface area contributed by atoms with Crippen molar-refractivity contribution >= 4 is 11.0 Å². The summed E-state index contributed by atoms with van der Waals surface area (Å²) in [7, 11) is 4.24. The van der Waals surface area contributed by atoms with E-state index >= 15 is 0 Å². The lowest BCUT2D eigenvalue weighted by molar-refractivity contribution is 0.357. The first-order valence-electron chi connectivity index (χ1n) is 7.30. The summed E-state index contributed by atoms with van der Waals surface area (Å²) < 4.78 is 21.2. The van der Waals surface area contributed by atoms with Crippen LogP contribution in [0.25, 0.3) is 22.3 Å². The number of hydrogen-bond donors (Lipinski definition) is 2. The summed E-state index contributed by atoms with van der Waals surface area (Å²) in [5, 5.41) is 20.1. The molecule has 25 heavy (non-hydrogen) atoms. The van der Waals surface area contributed by atoms with Crippen molar-refractivity contribution in [2.24, 2.45) is 0 Å². The number of benzene rings is 2. The Morgan fingerprint density at radius 2 is 1.64 bits per heavy atom. The second-order valence-electron chi connectivity index (χ2n) is 5.17. The van der Waals surface area contributed by atoms with Crippen LogP contribution in [0.5, 0.6) is 28.7 Å². The number of aromatic hydroxyl groups is 2. The standard InChI is InChI=1S/C18H16O7/c1-22-12-7-6-11-14(18(12)24-3)15(20)16(21)17(25-11)9-4-5-10(19)13(8-9)23-2/h4-8,19,21H,1-3H3. The largest absolute Gasteiger partial charge is 0.504 e. The van der Waals surface area contributed by atoms with Crippen LogP contribution in [0.3, 0.4) is 0 Å². The van der Waals surface area contributed by atoms with Crippen molar-refractivity contribution in [3.8, 4) is 40.1 Å². The summed E-state index contributed by atoms with van der Waals surface area (Å²) in [4.78, 5) is 12.7. The molecule has 130 valence electrons. The van der Waals surface area contributed by atoms with E-state index in [0.717, 1.165) is 0 Å². The van der Waals surface area contributed by atoms with Crippen LogP contribution in [0.4, 0.5) is 0 Å². The maximum atomic E-state index is 12.7. The number of phenolic OH excluding ortho intramolecular Hbond substituents is 1. The lowest BCUT2D eigenvalue weighted by atomic mass is 10.1. The zero-order valence-corrected chi connectivity index (χ0v) is 13.8. The van der Waals surface area contributed by atoms with E-state index in [4.69, 9.17) is 18.6 Å². The van der Waals surface area contributed by atoms with E-state index in [1.54, 1.807) is 12.1 Å². The second-order valence-corrected chi connectivity index (χ2v) is 5.17. The molecule has 0 spiro atoms. The highest BCUT2D eigenvalue weighted by Gasteiger charge is 2.21. The smallest absolute Gasteiger partial charge is 0.238 e. The van der Waals surface area contributed by atoms with Gasteiger partial charge in [0.05, 0.1) is 21.3 Å². The molecule has 0 saturated carbocycles. The molecule has 0 amide bonds. The molecule has 0 aliphatic heterocycles. The van der Waals surface area contributed by atoms with Crippen LogP contribution >= 0.6 is 0 Å². The van der Waals surface area contributed by atoms with E-state index in [1.807, 2.05) is 0 Å². The van der Waals surface area contributed by atoms with Gasteiger partial charge in [-0.05, 0) is 30.3 Å². The Kier molecular flexibility index (Phi) is 4.14. The first-order chi connectivity index (χ1) is 12.0. The average Bonchev–Trinajstić information content (AvgIpc) is 2.64. The number of rotatable bonds is 4. The first kappa shape index (κ1) is 16.5. The van der Waals surface area contributed by atoms with Gasteiger partial charge in [-0.15, -0.1) is 0 Å². The highest BCUT2D eigenvalue weighted by molar-refractivity contribution is 5.89. The van der Waals surface area contributed by atoms with Gasteiger partial charge < -0.3 is 28.8 Å². The number of hydrogen-bond acceptors (Lipinski definition) is 7. The van der Waals surface area contributed by atoms with E-state index in [2.05, 4.69) is 0 Å². The van der Waals surface area contributed by atoms with Gasteiger partial charge in [0, 0.05) is 5.56 Å². The van der Waals surface area contributed by atoms with Gasteiger partial charge in [-0.2, -0.15) is 0 Å². The molecule has 1 heterocycles. The van der Waals surface area contributed by atoms with Gasteiger partial charge in [0.1, 0.15) is 11.0 Å². The Bertz CT molecular complexity index is 1000. The van der Waals surface area contributed by atoms with Gasteiger partial charge >= 0.3 is 0 Å². The Morgan fingerprint density at radius 1 is 0.920 bits per heavy atom. The summed E-state index contributed by atoms with van der Waals surface area (Å²) in [5.41, 5.74) is -0.0533. The predicted molar refractivity (Wildman–Crippen MR) is 90.9 cm³/mol. The molecule has 2 N–H and O–H groups in total. The molecule has 7 heteroatoms. The molecule has 0 fully saturated rings. The fourth-order valence-corrected chi connectivity index (χ4v) is 2.60. The van der Waals surface area contributed by atoms with E-state index in [9.17, 15) is 15.0 Å². The van der Waals surface area contributed by atoms with E-state index in [-0.39, 0.29) is 34.0 Å². The summed E-state index contributed by atoms with van der Waals surface area (Å²) >= 11 is 0. The van der Waals surface area contributed by atoms with Crippen LogP contribution in [0.15, 0.2) is 39.5 Å². The second kappa shape index (κ2) is 6.27. The molecule has 0 saturated heterocycles. The minimum Gasteiger partial charge on any atom is -0.504 e. The van der Waals surface area contributed by atoms with E-state index in [0.29, 0.717) is 11.3 Å². The number of ether oxygens (including phenoxy) is 3. The zero-order valence-electron chi connectivity index (χ0n) is 13.8. The molecule has 3 rings (SSSR count). The van der Waals surface area contributed by atoms with E-state index in [1.165, 1.54) is 39.5 Å². The average molecular weight is 344 g/mol. The molecule has 0 aliphatic carbocycles. The van der Waals surface area contributed by atoms with Crippen LogP contribution in [0.2, 0.25) is 0 Å². The molecular weight excluding hydrogens is 328 g/mol. The molecule has 2 aromatic carbocycles. The van der Waals surface area contributed by atoms with Crippen molar-refractivity contribution in [2.45, 2.75) is 0 Å². The SMILES string of the molecule is COc1cc(-c2oc3ccc(OC)c(OC)c3c(=O)c2O)ccc1O. The lowest BCUT2D eigenvalue weighted by Gasteiger charge is -2.12. The third-order valence-electron chi connectivity index (χ3n) is 3.82. The fourth-order valence-electron chi connectivity index (χ4n) is 2.60. The van der Waals surface area contributed by atoms with Crippen LogP contribution in [-0.4, -0.2) is 31.5 Å². The Labute approximate surface area is 142 Å². The highest BCUT2D eigenvalue weighted by Crippen LogP contribution is 2.39. The van der Waals surface area contributed by atoms with Crippen LogP contribution in [-0.2, 0) is 0 Å². The monoisotopic (exact) mass is 344 g/mol. The summed E-state index contributed by atoms with van der Waals surface area (Å²) in [6.45, 7) is 0. The predicted octanol–water partition coefficient (Wildman–Crippen LogP) is 2.90. The Morgan fingerprint density at radius 3 is 2.28 bits per heavy atom. The molecular formula is C18H16O7. The van der Waals surface area contributed by atoms with Crippen LogP contribution < -0.4 is 19.6 Å². The van der Waals surface area contributed by atoms with Gasteiger partial charge in [-0.25, -0.2) is 0 Å².